The van der Waals surface area contributed by atoms with Crippen molar-refractivity contribution in [3.05, 3.63) is 35.9 Å². The number of hydrogen-bond donors (Lipinski definition) is 2. The number of hydrogen-bond acceptors (Lipinski definition) is 9. The Labute approximate surface area is 179 Å². The van der Waals surface area contributed by atoms with Gasteiger partial charge in [0.1, 0.15) is 18.7 Å². The van der Waals surface area contributed by atoms with Crippen LogP contribution in [0.3, 0.4) is 0 Å². The molecule has 0 spiro atoms. The number of carbonyl (C=O) groups excluding carboxylic acids is 5. The van der Waals surface area contributed by atoms with Gasteiger partial charge in [0.15, 0.2) is 0 Å². The summed E-state index contributed by atoms with van der Waals surface area (Å²) in [5.74, 6) is -3.05. The highest BCUT2D eigenvalue weighted by molar-refractivity contribution is 5.91. The second kappa shape index (κ2) is 13.6. The van der Waals surface area contributed by atoms with Crippen LogP contribution < -0.4 is 10.6 Å². The van der Waals surface area contributed by atoms with Crippen LogP contribution >= 0.6 is 0 Å². The average Bonchev–Trinajstić information content (AvgIpc) is 2.79. The summed E-state index contributed by atoms with van der Waals surface area (Å²) in [5, 5.41) is 4.66. The summed E-state index contributed by atoms with van der Waals surface area (Å²) in [6.07, 6.45) is -1.70. The molecule has 1 aromatic carbocycles. The Kier molecular flexibility index (Phi) is 11.1. The highest BCUT2D eigenvalue weighted by Gasteiger charge is 2.30. The molecule has 11 nitrogen and oxygen atoms in total. The van der Waals surface area contributed by atoms with E-state index in [1.54, 1.807) is 24.3 Å². The summed E-state index contributed by atoms with van der Waals surface area (Å²) in [4.78, 5) is 59.7. The predicted molar refractivity (Wildman–Crippen MR) is 105 cm³/mol. The lowest BCUT2D eigenvalue weighted by Crippen LogP contribution is -2.52. The third-order valence-corrected chi connectivity index (χ3v) is 4.09. The molecule has 0 heterocycles. The molecule has 2 amide bonds. The molecule has 31 heavy (non-hydrogen) atoms. The van der Waals surface area contributed by atoms with Gasteiger partial charge in [0.2, 0.25) is 5.91 Å². The highest BCUT2D eigenvalue weighted by Crippen LogP contribution is 2.05. The van der Waals surface area contributed by atoms with Gasteiger partial charge in [-0.15, -0.1) is 0 Å². The van der Waals surface area contributed by atoms with Gasteiger partial charge < -0.3 is 29.6 Å². The van der Waals surface area contributed by atoms with Crippen LogP contribution in [0.4, 0.5) is 4.79 Å². The fourth-order valence-corrected chi connectivity index (χ4v) is 2.40. The maximum atomic E-state index is 12.7. The topological polar surface area (TPSA) is 146 Å². The molecule has 0 aromatic heterocycles. The number of methoxy groups -OCH3 is 3. The van der Waals surface area contributed by atoms with E-state index in [0.717, 1.165) is 19.8 Å². The first-order chi connectivity index (χ1) is 14.8. The van der Waals surface area contributed by atoms with Crippen molar-refractivity contribution in [3.8, 4) is 0 Å². The summed E-state index contributed by atoms with van der Waals surface area (Å²) >= 11 is 0. The van der Waals surface area contributed by atoms with E-state index >= 15 is 0 Å². The Bertz CT molecular complexity index is 767. The first-order valence-corrected chi connectivity index (χ1v) is 9.29. The molecule has 11 heteroatoms. The van der Waals surface area contributed by atoms with Gasteiger partial charge in [0, 0.05) is 6.42 Å². The third-order valence-electron chi connectivity index (χ3n) is 4.09. The third kappa shape index (κ3) is 9.61. The van der Waals surface area contributed by atoms with Crippen LogP contribution in [0.25, 0.3) is 0 Å². The van der Waals surface area contributed by atoms with E-state index in [9.17, 15) is 24.0 Å². The summed E-state index contributed by atoms with van der Waals surface area (Å²) < 4.78 is 18.7. The Balaban J connectivity index is 2.81. The van der Waals surface area contributed by atoms with Crippen molar-refractivity contribution in [3.63, 3.8) is 0 Å². The Morgan fingerprint density at radius 3 is 2.06 bits per heavy atom. The van der Waals surface area contributed by atoms with Gasteiger partial charge in [-0.1, -0.05) is 30.3 Å². The number of benzene rings is 1. The van der Waals surface area contributed by atoms with Crippen LogP contribution in [0.1, 0.15) is 24.8 Å². The summed E-state index contributed by atoms with van der Waals surface area (Å²) in [6.45, 7) is -0.0366. The van der Waals surface area contributed by atoms with Crippen molar-refractivity contribution in [2.24, 2.45) is 0 Å². The fourth-order valence-electron chi connectivity index (χ4n) is 2.40. The number of ether oxygens (including phenoxy) is 4. The summed E-state index contributed by atoms with van der Waals surface area (Å²) in [6, 6.07) is 6.28. The van der Waals surface area contributed by atoms with Gasteiger partial charge in [-0.05, 0) is 12.0 Å². The van der Waals surface area contributed by atoms with Gasteiger partial charge in [-0.3, -0.25) is 14.4 Å². The molecule has 0 aliphatic heterocycles. The minimum absolute atomic E-state index is 0.0366. The standard InChI is InChI=1S/C20H26N2O9/c1-28-16(23)10-9-14(22-20(27)31-12-13-7-5-4-6-8-13)18(25)21-15(19(26)30-3)11-17(24)29-2/h4-8,14-15H,9-12H2,1-3H3,(H,21,25)(H,22,27)/t14-,15-/m0/s1. The van der Waals surface area contributed by atoms with E-state index in [1.807, 2.05) is 6.07 Å². The van der Waals surface area contributed by atoms with Crippen molar-refractivity contribution < 1.29 is 42.9 Å². The van der Waals surface area contributed by atoms with Crippen LogP contribution in [0.15, 0.2) is 30.3 Å². The monoisotopic (exact) mass is 438 g/mol. The van der Waals surface area contributed by atoms with Crippen LogP contribution in [-0.4, -0.2) is 63.3 Å². The number of esters is 3. The number of rotatable bonds is 11. The second-order valence-corrected chi connectivity index (χ2v) is 6.24. The molecule has 170 valence electrons. The van der Waals surface area contributed by atoms with Gasteiger partial charge in [-0.25, -0.2) is 9.59 Å². The molecular formula is C20H26N2O9. The van der Waals surface area contributed by atoms with Crippen LogP contribution in [0.5, 0.6) is 0 Å². The van der Waals surface area contributed by atoms with E-state index in [0.29, 0.717) is 0 Å². The molecule has 0 bridgehead atoms. The molecule has 2 atom stereocenters. The second-order valence-electron chi connectivity index (χ2n) is 6.24. The molecule has 0 saturated carbocycles. The first kappa shape index (κ1) is 25.4. The minimum Gasteiger partial charge on any atom is -0.469 e. The lowest BCUT2D eigenvalue weighted by Gasteiger charge is -2.21. The smallest absolute Gasteiger partial charge is 0.408 e. The molecule has 1 aromatic rings. The van der Waals surface area contributed by atoms with E-state index < -0.39 is 48.4 Å². The summed E-state index contributed by atoms with van der Waals surface area (Å²) in [7, 11) is 3.40. The number of nitrogens with one attached hydrogen (secondary N) is 2. The normalized spacial score (nSPS) is 12.0. The Morgan fingerprint density at radius 2 is 1.48 bits per heavy atom. The lowest BCUT2D eigenvalue weighted by molar-refractivity contribution is -0.150. The quantitative estimate of drug-likeness (QED) is 0.371. The number of alkyl carbamates (subject to hydrolysis) is 1. The maximum absolute atomic E-state index is 12.7. The zero-order valence-electron chi connectivity index (χ0n) is 17.5. The van der Waals surface area contributed by atoms with Crippen molar-refractivity contribution in [1.29, 1.82) is 0 Å². The van der Waals surface area contributed by atoms with Gasteiger partial charge >= 0.3 is 24.0 Å². The van der Waals surface area contributed by atoms with Crippen molar-refractivity contribution >= 4 is 29.9 Å². The number of amides is 2. The molecule has 0 saturated heterocycles. The highest BCUT2D eigenvalue weighted by atomic mass is 16.5. The Hall–Kier alpha value is -3.63. The van der Waals surface area contributed by atoms with E-state index in [2.05, 4.69) is 24.8 Å². The zero-order chi connectivity index (χ0) is 23.2. The molecular weight excluding hydrogens is 412 g/mol. The fraction of sp³-hybridized carbons (Fsp3) is 0.450. The molecule has 1 rings (SSSR count). The van der Waals surface area contributed by atoms with E-state index in [-0.39, 0.29) is 19.4 Å². The summed E-state index contributed by atoms with van der Waals surface area (Å²) in [5.41, 5.74) is 0.733. The van der Waals surface area contributed by atoms with Crippen LogP contribution in [0, 0.1) is 0 Å². The zero-order valence-corrected chi connectivity index (χ0v) is 17.5. The maximum Gasteiger partial charge on any atom is 0.408 e. The van der Waals surface area contributed by atoms with Crippen LogP contribution in [-0.2, 0) is 44.7 Å². The van der Waals surface area contributed by atoms with Gasteiger partial charge in [0.25, 0.3) is 0 Å². The van der Waals surface area contributed by atoms with Crippen LogP contribution in [0.2, 0.25) is 0 Å². The largest absolute Gasteiger partial charge is 0.469 e. The van der Waals surface area contributed by atoms with Gasteiger partial charge in [0.05, 0.1) is 27.8 Å². The van der Waals surface area contributed by atoms with Crippen molar-refractivity contribution in [2.45, 2.75) is 38.0 Å². The Morgan fingerprint density at radius 1 is 0.839 bits per heavy atom. The average molecular weight is 438 g/mol. The van der Waals surface area contributed by atoms with Crippen molar-refractivity contribution in [2.75, 3.05) is 21.3 Å². The SMILES string of the molecule is COC(=O)CC[C@H](NC(=O)OCc1ccccc1)C(=O)N[C@@H](CC(=O)OC)C(=O)OC. The minimum atomic E-state index is -1.34. The van der Waals surface area contributed by atoms with Crippen molar-refractivity contribution in [1.82, 2.24) is 10.6 Å². The number of carbonyl (C=O) groups is 5. The first-order valence-electron chi connectivity index (χ1n) is 9.29. The molecule has 2 N–H and O–H groups in total. The van der Waals surface area contributed by atoms with E-state index in [1.165, 1.54) is 7.11 Å². The lowest BCUT2D eigenvalue weighted by atomic mass is 10.1. The molecule has 0 aliphatic rings. The van der Waals surface area contributed by atoms with E-state index in [4.69, 9.17) is 4.74 Å². The molecule has 0 radical (unpaired) electrons. The molecule has 0 fully saturated rings. The van der Waals surface area contributed by atoms with Gasteiger partial charge in [-0.2, -0.15) is 0 Å². The predicted octanol–water partition coefficient (Wildman–Crippen LogP) is 0.456. The molecule has 0 aliphatic carbocycles. The molecule has 0 unspecified atom stereocenters.